The number of carbonyl (C=O) groups is 2. The molecule has 1 N–H and O–H groups in total. The van der Waals surface area contributed by atoms with Gasteiger partial charge in [0, 0.05) is 25.0 Å². The first-order chi connectivity index (χ1) is 8.54. The molecule has 0 saturated carbocycles. The molecule has 6 heteroatoms. The molecule has 2 amide bonds. The SMILES string of the molecule is CCN(CC(=O)O)C(=O)N(C)CCc1cccs1. The van der Waals surface area contributed by atoms with E-state index in [1.807, 2.05) is 17.5 Å². The van der Waals surface area contributed by atoms with Crippen molar-refractivity contribution < 1.29 is 14.7 Å². The number of urea groups is 1. The number of carboxylic acid groups (broad SMARTS) is 1. The molecule has 0 atom stereocenters. The third-order valence-corrected chi connectivity index (χ3v) is 3.51. The Morgan fingerprint density at radius 1 is 1.44 bits per heavy atom. The molecule has 1 rings (SSSR count). The van der Waals surface area contributed by atoms with Crippen molar-refractivity contribution in [2.45, 2.75) is 13.3 Å². The van der Waals surface area contributed by atoms with Gasteiger partial charge < -0.3 is 14.9 Å². The van der Waals surface area contributed by atoms with Gasteiger partial charge in [0.05, 0.1) is 0 Å². The van der Waals surface area contributed by atoms with Crippen LogP contribution in [-0.4, -0.2) is 53.6 Å². The fraction of sp³-hybridized carbons (Fsp3) is 0.500. The van der Waals surface area contributed by atoms with E-state index < -0.39 is 5.97 Å². The van der Waals surface area contributed by atoms with Crippen LogP contribution in [-0.2, 0) is 11.2 Å². The first kappa shape index (κ1) is 14.5. The minimum absolute atomic E-state index is 0.239. The second-order valence-corrected chi connectivity index (χ2v) is 4.97. The van der Waals surface area contributed by atoms with Gasteiger partial charge >= 0.3 is 12.0 Å². The number of rotatable bonds is 6. The molecule has 1 aromatic rings. The number of thiophene rings is 1. The van der Waals surface area contributed by atoms with Crippen molar-refractivity contribution in [3.63, 3.8) is 0 Å². The predicted octanol–water partition coefficient (Wildman–Crippen LogP) is 1.75. The Hall–Kier alpha value is -1.56. The lowest BCUT2D eigenvalue weighted by Gasteiger charge is -2.25. The van der Waals surface area contributed by atoms with Crippen LogP contribution in [0.15, 0.2) is 17.5 Å². The molecular weight excluding hydrogens is 252 g/mol. The van der Waals surface area contributed by atoms with Gasteiger partial charge in [0.15, 0.2) is 0 Å². The Labute approximate surface area is 111 Å². The molecule has 0 saturated heterocycles. The summed E-state index contributed by atoms with van der Waals surface area (Å²) in [5, 5.41) is 10.7. The van der Waals surface area contributed by atoms with Crippen molar-refractivity contribution in [1.29, 1.82) is 0 Å². The third-order valence-electron chi connectivity index (χ3n) is 2.58. The third kappa shape index (κ3) is 4.37. The molecule has 0 spiro atoms. The molecule has 1 heterocycles. The monoisotopic (exact) mass is 270 g/mol. The van der Waals surface area contributed by atoms with Crippen LogP contribution < -0.4 is 0 Å². The highest BCUT2D eigenvalue weighted by Gasteiger charge is 2.18. The smallest absolute Gasteiger partial charge is 0.323 e. The summed E-state index contributed by atoms with van der Waals surface area (Å²) < 4.78 is 0. The summed E-state index contributed by atoms with van der Waals surface area (Å²) >= 11 is 1.66. The van der Waals surface area contributed by atoms with Gasteiger partial charge in [0.25, 0.3) is 0 Å². The molecule has 100 valence electrons. The van der Waals surface area contributed by atoms with Crippen LogP contribution in [0.2, 0.25) is 0 Å². The number of aliphatic carboxylic acids is 1. The summed E-state index contributed by atoms with van der Waals surface area (Å²) in [6, 6.07) is 3.76. The second kappa shape index (κ2) is 7.00. The molecule has 0 aliphatic rings. The van der Waals surface area contributed by atoms with E-state index in [0.29, 0.717) is 13.1 Å². The van der Waals surface area contributed by atoms with Gasteiger partial charge in [-0.2, -0.15) is 0 Å². The molecule has 0 aliphatic heterocycles. The number of hydrogen-bond acceptors (Lipinski definition) is 3. The van der Waals surface area contributed by atoms with Crippen molar-refractivity contribution in [3.8, 4) is 0 Å². The maximum absolute atomic E-state index is 12.0. The van der Waals surface area contributed by atoms with Crippen molar-refractivity contribution in [2.75, 3.05) is 26.7 Å². The van der Waals surface area contributed by atoms with Gasteiger partial charge in [-0.1, -0.05) is 6.07 Å². The van der Waals surface area contributed by atoms with E-state index in [4.69, 9.17) is 5.11 Å². The van der Waals surface area contributed by atoms with E-state index in [1.165, 1.54) is 9.78 Å². The van der Waals surface area contributed by atoms with E-state index >= 15 is 0 Å². The van der Waals surface area contributed by atoms with Gasteiger partial charge in [0.1, 0.15) is 6.54 Å². The Morgan fingerprint density at radius 3 is 2.67 bits per heavy atom. The molecule has 0 radical (unpaired) electrons. The lowest BCUT2D eigenvalue weighted by molar-refractivity contribution is -0.137. The molecule has 0 fully saturated rings. The minimum atomic E-state index is -0.989. The maximum Gasteiger partial charge on any atom is 0.323 e. The van der Waals surface area contributed by atoms with Crippen LogP contribution in [0, 0.1) is 0 Å². The summed E-state index contributed by atoms with van der Waals surface area (Å²) in [6.45, 7) is 2.51. The quantitative estimate of drug-likeness (QED) is 0.856. The zero-order valence-electron chi connectivity index (χ0n) is 10.6. The molecule has 0 bridgehead atoms. The molecule has 0 aromatic carbocycles. The highest BCUT2D eigenvalue weighted by Crippen LogP contribution is 2.10. The Morgan fingerprint density at radius 2 is 2.17 bits per heavy atom. The molecule has 5 nitrogen and oxygen atoms in total. The molecule has 1 aromatic heterocycles. The van der Waals surface area contributed by atoms with Crippen molar-refractivity contribution >= 4 is 23.3 Å². The second-order valence-electron chi connectivity index (χ2n) is 3.94. The summed E-state index contributed by atoms with van der Waals surface area (Å²) in [4.78, 5) is 26.7. The van der Waals surface area contributed by atoms with Crippen LogP contribution in [0.4, 0.5) is 4.79 Å². The highest BCUT2D eigenvalue weighted by molar-refractivity contribution is 7.09. The number of carbonyl (C=O) groups excluding carboxylic acids is 1. The summed E-state index contributed by atoms with van der Waals surface area (Å²) in [5.41, 5.74) is 0. The van der Waals surface area contributed by atoms with Gasteiger partial charge in [-0.3, -0.25) is 4.79 Å². The zero-order chi connectivity index (χ0) is 13.5. The summed E-state index contributed by atoms with van der Waals surface area (Å²) in [5.74, 6) is -0.989. The number of nitrogens with zero attached hydrogens (tertiary/aromatic N) is 2. The average molecular weight is 270 g/mol. The Kier molecular flexibility index (Phi) is 5.64. The molecule has 18 heavy (non-hydrogen) atoms. The van der Waals surface area contributed by atoms with Crippen molar-refractivity contribution in [1.82, 2.24) is 9.80 Å². The summed E-state index contributed by atoms with van der Waals surface area (Å²) in [6.07, 6.45) is 0.796. The summed E-state index contributed by atoms with van der Waals surface area (Å²) in [7, 11) is 1.69. The number of likely N-dealkylation sites (N-methyl/N-ethyl adjacent to an activating group) is 2. The molecule has 0 aliphatic carbocycles. The van der Waals surface area contributed by atoms with Crippen molar-refractivity contribution in [2.24, 2.45) is 0 Å². The topological polar surface area (TPSA) is 60.9 Å². The standard InChI is InChI=1S/C12H18N2O3S/c1-3-14(9-11(15)16)12(17)13(2)7-6-10-5-4-8-18-10/h4-5,8H,3,6-7,9H2,1-2H3,(H,15,16). The minimum Gasteiger partial charge on any atom is -0.480 e. The normalized spacial score (nSPS) is 10.1. The maximum atomic E-state index is 12.0. The van der Waals surface area contributed by atoms with E-state index in [1.54, 1.807) is 30.2 Å². The van der Waals surface area contributed by atoms with Gasteiger partial charge in [-0.25, -0.2) is 4.79 Å². The van der Waals surface area contributed by atoms with E-state index in [-0.39, 0.29) is 12.6 Å². The van der Waals surface area contributed by atoms with Crippen molar-refractivity contribution in [3.05, 3.63) is 22.4 Å². The van der Waals surface area contributed by atoms with Crippen LogP contribution >= 0.6 is 11.3 Å². The van der Waals surface area contributed by atoms with Gasteiger partial charge in [0.2, 0.25) is 0 Å². The van der Waals surface area contributed by atoms with Gasteiger partial charge in [-0.15, -0.1) is 11.3 Å². The van der Waals surface area contributed by atoms with Crippen LogP contribution in [0.1, 0.15) is 11.8 Å². The van der Waals surface area contributed by atoms with Crippen LogP contribution in [0.3, 0.4) is 0 Å². The first-order valence-electron chi connectivity index (χ1n) is 5.78. The largest absolute Gasteiger partial charge is 0.480 e. The molecular formula is C12H18N2O3S. The van der Waals surface area contributed by atoms with Crippen LogP contribution in [0.5, 0.6) is 0 Å². The van der Waals surface area contributed by atoms with Gasteiger partial charge in [-0.05, 0) is 24.8 Å². The lowest BCUT2D eigenvalue weighted by atomic mass is 10.3. The highest BCUT2D eigenvalue weighted by atomic mass is 32.1. The predicted molar refractivity (Wildman–Crippen MR) is 70.9 cm³/mol. The van der Waals surface area contributed by atoms with E-state index in [0.717, 1.165) is 6.42 Å². The number of amides is 2. The fourth-order valence-corrected chi connectivity index (χ4v) is 2.25. The first-order valence-corrected chi connectivity index (χ1v) is 6.66. The van der Waals surface area contributed by atoms with E-state index in [9.17, 15) is 9.59 Å². The Balaban J connectivity index is 2.46. The zero-order valence-corrected chi connectivity index (χ0v) is 11.4. The number of carboxylic acids is 1. The molecule has 0 unspecified atom stereocenters. The van der Waals surface area contributed by atoms with E-state index in [2.05, 4.69) is 0 Å². The Bertz CT molecular complexity index is 392. The fourth-order valence-electron chi connectivity index (χ4n) is 1.55. The lowest BCUT2D eigenvalue weighted by Crippen LogP contribution is -2.44. The average Bonchev–Trinajstić information content (AvgIpc) is 2.84. The van der Waals surface area contributed by atoms with Crippen LogP contribution in [0.25, 0.3) is 0 Å². The number of hydrogen-bond donors (Lipinski definition) is 1.